The van der Waals surface area contributed by atoms with Gasteiger partial charge in [0.1, 0.15) is 0 Å². The third-order valence-electron chi connectivity index (χ3n) is 8.28. The molecule has 2 heterocycles. The molecule has 0 radical (unpaired) electrons. The van der Waals surface area contributed by atoms with Crippen molar-refractivity contribution in [3.63, 3.8) is 0 Å². The van der Waals surface area contributed by atoms with Gasteiger partial charge < -0.3 is 9.13 Å². The third kappa shape index (κ3) is 3.75. The van der Waals surface area contributed by atoms with E-state index in [1.54, 1.807) is 4.57 Å². The number of benzene rings is 7. The van der Waals surface area contributed by atoms with Gasteiger partial charge in [0.05, 0.1) is 34.4 Å². The lowest BCUT2D eigenvalue weighted by Crippen LogP contribution is -1.96. The molecule has 0 fully saturated rings. The first-order chi connectivity index (χ1) is 25.6. The Morgan fingerprint density at radius 1 is 0.409 bits per heavy atom. The molecule has 206 valence electrons. The topological polar surface area (TPSA) is 9.86 Å². The quantitative estimate of drug-likeness (QED) is 0.199. The maximum Gasteiger partial charge on any atom is 0.0651 e. The molecule has 0 spiro atoms. The Kier molecular flexibility index (Phi) is 3.88. The van der Waals surface area contributed by atoms with Gasteiger partial charge in [-0.1, -0.05) is 121 Å². The van der Waals surface area contributed by atoms with Gasteiger partial charge in [-0.2, -0.15) is 0 Å². The predicted molar refractivity (Wildman–Crippen MR) is 186 cm³/mol. The molecule has 7 aromatic carbocycles. The molecule has 0 aliphatic heterocycles. The Morgan fingerprint density at radius 3 is 1.82 bits per heavy atom. The first-order valence-electron chi connectivity index (χ1n) is 18.9. The van der Waals surface area contributed by atoms with Crippen molar-refractivity contribution >= 4 is 43.6 Å². The van der Waals surface area contributed by atoms with Crippen LogP contribution < -0.4 is 0 Å². The summed E-state index contributed by atoms with van der Waals surface area (Å²) in [5.74, 6) is 0. The maximum absolute atomic E-state index is 9.55. The van der Waals surface area contributed by atoms with E-state index in [1.165, 1.54) is 0 Å². The molecule has 0 unspecified atom stereocenters. The number of hydrogen-bond donors (Lipinski definition) is 0. The lowest BCUT2D eigenvalue weighted by atomic mass is 9.99. The molecule has 9 rings (SSSR count). The fourth-order valence-electron chi connectivity index (χ4n) is 6.44. The molecule has 2 aromatic heterocycles. The van der Waals surface area contributed by atoms with E-state index in [4.69, 9.17) is 9.60 Å². The Morgan fingerprint density at radius 2 is 1.05 bits per heavy atom. The first-order valence-corrected chi connectivity index (χ1v) is 14.4. The van der Waals surface area contributed by atoms with Crippen LogP contribution in [0, 0.1) is 0 Å². The van der Waals surface area contributed by atoms with Gasteiger partial charge in [0.25, 0.3) is 0 Å². The number of nitrogens with zero attached hydrogens (tertiary/aromatic N) is 2. The average Bonchev–Trinajstić information content (AvgIpc) is 3.70. The van der Waals surface area contributed by atoms with Crippen LogP contribution in [0.3, 0.4) is 0 Å². The van der Waals surface area contributed by atoms with Crippen LogP contribution in [0.1, 0.15) is 12.3 Å². The summed E-state index contributed by atoms with van der Waals surface area (Å²) in [6, 6.07) is 33.5. The van der Waals surface area contributed by atoms with Crippen LogP contribution in [-0.2, 0) is 0 Å². The van der Waals surface area contributed by atoms with Crippen LogP contribution in [-0.4, -0.2) is 9.13 Å². The van der Waals surface area contributed by atoms with Crippen molar-refractivity contribution in [2.24, 2.45) is 0 Å². The fraction of sp³-hybridized carbons (Fsp3) is 0. The second kappa shape index (κ2) is 9.86. The van der Waals surface area contributed by atoms with Gasteiger partial charge in [0.2, 0.25) is 0 Å². The molecule has 0 saturated heterocycles. The summed E-state index contributed by atoms with van der Waals surface area (Å²) in [6.45, 7) is 0. The Balaban J connectivity index is 1.43. The third-order valence-corrected chi connectivity index (χ3v) is 8.28. The summed E-state index contributed by atoms with van der Waals surface area (Å²) in [6.07, 6.45) is 0. The Bertz CT molecular complexity index is 2920. The van der Waals surface area contributed by atoms with E-state index < -0.39 is 42.3 Å². The Labute approximate surface area is 268 Å². The van der Waals surface area contributed by atoms with E-state index in [0.717, 1.165) is 49.4 Å². The predicted octanol–water partition coefficient (Wildman–Crippen LogP) is 11.2. The smallest absolute Gasteiger partial charge is 0.0651 e. The number of rotatable bonds is 4. The van der Waals surface area contributed by atoms with Crippen LogP contribution in [0.2, 0.25) is 0 Å². The molecule has 0 aliphatic carbocycles. The molecule has 0 amide bonds. The van der Waals surface area contributed by atoms with E-state index in [2.05, 4.69) is 34.9 Å². The van der Waals surface area contributed by atoms with Gasteiger partial charge in [-0.3, -0.25) is 0 Å². The lowest BCUT2D eigenvalue weighted by Gasteiger charge is -2.11. The zero-order valence-electron chi connectivity index (χ0n) is 32.4. The minimum Gasteiger partial charge on any atom is -0.309 e. The SMILES string of the molecule is [2H]c1c([2H])c([2H])c(-c2c([2H])c([2H])c([2H])c(-n3c4ccc(-n5c6ccccc6c6ccccc65)cc4c4c(-c5ccccc5)cccc43)c2[2H])c([2H])c1[2H]. The molecule has 0 bridgehead atoms. The largest absolute Gasteiger partial charge is 0.309 e. The van der Waals surface area contributed by atoms with Gasteiger partial charge in [-0.15, -0.1) is 0 Å². The van der Waals surface area contributed by atoms with Crippen molar-refractivity contribution in [2.45, 2.75) is 0 Å². The van der Waals surface area contributed by atoms with Crippen molar-refractivity contribution in [2.75, 3.05) is 0 Å². The van der Waals surface area contributed by atoms with Crippen molar-refractivity contribution in [1.29, 1.82) is 0 Å². The minimum atomic E-state index is -0.607. The van der Waals surface area contributed by atoms with Crippen LogP contribution in [0.5, 0.6) is 0 Å². The summed E-state index contributed by atoms with van der Waals surface area (Å²) < 4.78 is 82.5. The second-order valence-electron chi connectivity index (χ2n) is 10.7. The van der Waals surface area contributed by atoms with Gasteiger partial charge in [-0.25, -0.2) is 0 Å². The van der Waals surface area contributed by atoms with Gasteiger partial charge in [0.15, 0.2) is 0 Å². The van der Waals surface area contributed by atoms with Gasteiger partial charge in [-0.05, 0) is 70.7 Å². The number of para-hydroxylation sites is 2. The zero-order valence-corrected chi connectivity index (χ0v) is 23.4. The highest BCUT2D eigenvalue weighted by Gasteiger charge is 2.19. The summed E-state index contributed by atoms with van der Waals surface area (Å²) in [4.78, 5) is 0. The lowest BCUT2D eigenvalue weighted by molar-refractivity contribution is 1.17. The van der Waals surface area contributed by atoms with E-state index in [-0.39, 0.29) is 28.9 Å². The fourth-order valence-corrected chi connectivity index (χ4v) is 6.44. The highest BCUT2D eigenvalue weighted by atomic mass is 15.0. The van der Waals surface area contributed by atoms with Crippen molar-refractivity contribution in [3.05, 3.63) is 170 Å². The van der Waals surface area contributed by atoms with Crippen LogP contribution in [0.25, 0.3) is 77.2 Å². The molecule has 0 aliphatic rings. The standard InChI is InChI=1S/C42H28N2/c1-3-13-29(14-4-1)31-17-11-18-32(27-31)44-40-26-25-33(43-38-22-9-7-19-35(38)36-20-8-10-23-39(36)43)28-37(40)42-34(21-12-24-41(42)44)30-15-5-2-6-16-30/h1-28H/i1D,3D,4D,11D,13D,14D,17D,18D,27D. The van der Waals surface area contributed by atoms with Crippen LogP contribution in [0.15, 0.2) is 170 Å². The molecule has 0 N–H and O–H groups in total. The van der Waals surface area contributed by atoms with E-state index >= 15 is 0 Å². The molecular weight excluding hydrogens is 532 g/mol. The maximum atomic E-state index is 9.55. The highest BCUT2D eigenvalue weighted by Crippen LogP contribution is 2.41. The molecule has 9 aromatic rings. The zero-order chi connectivity index (χ0) is 36.9. The molecule has 2 heteroatoms. The summed E-state index contributed by atoms with van der Waals surface area (Å²) in [5.41, 5.74) is 5.46. The van der Waals surface area contributed by atoms with Crippen molar-refractivity contribution < 1.29 is 12.3 Å². The van der Waals surface area contributed by atoms with Gasteiger partial charge >= 0.3 is 0 Å². The van der Waals surface area contributed by atoms with Crippen molar-refractivity contribution in [1.82, 2.24) is 9.13 Å². The highest BCUT2D eigenvalue weighted by molar-refractivity contribution is 6.17. The number of aromatic nitrogens is 2. The first kappa shape index (κ1) is 17.3. The molecule has 2 nitrogen and oxygen atoms in total. The monoisotopic (exact) mass is 569 g/mol. The molecule has 44 heavy (non-hydrogen) atoms. The summed E-state index contributed by atoms with van der Waals surface area (Å²) >= 11 is 0. The molecule has 0 saturated carbocycles. The van der Waals surface area contributed by atoms with Crippen LogP contribution in [0.4, 0.5) is 0 Å². The number of hydrogen-bond acceptors (Lipinski definition) is 0. The summed E-state index contributed by atoms with van der Waals surface area (Å²) in [5, 5.41) is 3.91. The van der Waals surface area contributed by atoms with E-state index in [9.17, 15) is 2.74 Å². The molecular formula is C42H28N2. The second-order valence-corrected chi connectivity index (χ2v) is 10.7. The van der Waals surface area contributed by atoms with Gasteiger partial charge in [0, 0.05) is 32.9 Å². The Hall–Kier alpha value is -5.86. The van der Waals surface area contributed by atoms with Crippen LogP contribution >= 0.6 is 0 Å². The summed E-state index contributed by atoms with van der Waals surface area (Å²) in [7, 11) is 0. The minimum absolute atomic E-state index is 0.0253. The number of fused-ring (bicyclic) bond motifs is 6. The normalized spacial score (nSPS) is 14.5. The van der Waals surface area contributed by atoms with Crippen molar-refractivity contribution in [3.8, 4) is 33.6 Å². The van der Waals surface area contributed by atoms with E-state index in [1.807, 2.05) is 84.9 Å². The van der Waals surface area contributed by atoms with E-state index in [0.29, 0.717) is 11.0 Å². The average molecular weight is 570 g/mol. The molecule has 0 atom stereocenters.